The molecule has 2 aromatic carbocycles. The molecule has 0 saturated carbocycles. The van der Waals surface area contributed by atoms with E-state index >= 15 is 0 Å². The van der Waals surface area contributed by atoms with Gasteiger partial charge in [0.25, 0.3) is 0 Å². The van der Waals surface area contributed by atoms with Crippen molar-refractivity contribution in [3.05, 3.63) is 64.4 Å². The van der Waals surface area contributed by atoms with Crippen molar-refractivity contribution in [3.63, 3.8) is 0 Å². The van der Waals surface area contributed by atoms with Crippen LogP contribution in [0.4, 0.5) is 10.1 Å². The molecule has 0 aliphatic heterocycles. The first kappa shape index (κ1) is 11.9. The summed E-state index contributed by atoms with van der Waals surface area (Å²) in [5.41, 5.74) is 2.98. The van der Waals surface area contributed by atoms with Crippen LogP contribution in [0.25, 0.3) is 0 Å². The van der Waals surface area contributed by atoms with Crippen LogP contribution in [-0.2, 0) is 6.54 Å². The molecule has 2 aromatic rings. The number of anilines is 1. The minimum absolute atomic E-state index is 0.209. The molecule has 0 heterocycles. The van der Waals surface area contributed by atoms with Gasteiger partial charge in [0.05, 0.1) is 0 Å². The largest absolute Gasteiger partial charge is 0.381 e. The number of aryl methyl sites for hydroxylation is 1. The lowest BCUT2D eigenvalue weighted by Crippen LogP contribution is -2.01. The van der Waals surface area contributed by atoms with Crippen LogP contribution in [-0.4, -0.2) is 0 Å². The van der Waals surface area contributed by atoms with Crippen LogP contribution >= 0.6 is 11.6 Å². The second kappa shape index (κ2) is 5.19. The molecule has 0 spiro atoms. The van der Waals surface area contributed by atoms with E-state index in [2.05, 4.69) is 5.32 Å². The lowest BCUT2D eigenvalue weighted by Gasteiger charge is -2.09. The number of hydrogen-bond acceptors (Lipinski definition) is 1. The van der Waals surface area contributed by atoms with E-state index < -0.39 is 0 Å². The highest BCUT2D eigenvalue weighted by atomic mass is 35.5. The second-order valence-electron chi connectivity index (χ2n) is 3.94. The fourth-order valence-electron chi connectivity index (χ4n) is 1.62. The van der Waals surface area contributed by atoms with E-state index in [0.29, 0.717) is 6.54 Å². The lowest BCUT2D eigenvalue weighted by molar-refractivity contribution is 0.627. The molecule has 0 aliphatic carbocycles. The molecule has 0 unspecified atom stereocenters. The quantitative estimate of drug-likeness (QED) is 0.850. The van der Waals surface area contributed by atoms with Crippen LogP contribution in [0.5, 0.6) is 0 Å². The Morgan fingerprint density at radius 1 is 1.12 bits per heavy atom. The molecule has 2 rings (SSSR count). The molecule has 0 aliphatic rings. The average Bonchev–Trinajstić information content (AvgIpc) is 2.30. The first-order chi connectivity index (χ1) is 8.15. The molecule has 17 heavy (non-hydrogen) atoms. The summed E-state index contributed by atoms with van der Waals surface area (Å²) in [5.74, 6) is -0.209. The molecule has 1 nitrogen and oxygen atoms in total. The van der Waals surface area contributed by atoms with Gasteiger partial charge in [-0.3, -0.25) is 0 Å². The Kier molecular flexibility index (Phi) is 3.64. The molecule has 0 aromatic heterocycles. The van der Waals surface area contributed by atoms with Crippen LogP contribution < -0.4 is 5.32 Å². The number of hydrogen-bond donors (Lipinski definition) is 1. The maximum Gasteiger partial charge on any atom is 0.123 e. The predicted molar refractivity (Wildman–Crippen MR) is 69.9 cm³/mol. The molecule has 0 fully saturated rings. The van der Waals surface area contributed by atoms with E-state index in [1.165, 1.54) is 12.1 Å². The highest BCUT2D eigenvalue weighted by molar-refractivity contribution is 6.30. The van der Waals surface area contributed by atoms with Gasteiger partial charge in [-0.15, -0.1) is 0 Å². The Labute approximate surface area is 105 Å². The molecular formula is C14H13ClFN. The SMILES string of the molecule is Cc1cc(F)ccc1NCc1ccc(Cl)cc1. The molecule has 0 amide bonds. The fraction of sp³-hybridized carbons (Fsp3) is 0.143. The number of nitrogens with one attached hydrogen (secondary N) is 1. The zero-order valence-corrected chi connectivity index (χ0v) is 10.3. The normalized spacial score (nSPS) is 10.3. The van der Waals surface area contributed by atoms with Gasteiger partial charge in [-0.05, 0) is 48.4 Å². The van der Waals surface area contributed by atoms with Gasteiger partial charge < -0.3 is 5.32 Å². The van der Waals surface area contributed by atoms with Crippen molar-refractivity contribution in [2.75, 3.05) is 5.32 Å². The summed E-state index contributed by atoms with van der Waals surface area (Å²) in [6.07, 6.45) is 0. The summed E-state index contributed by atoms with van der Waals surface area (Å²) in [5, 5.41) is 3.99. The summed E-state index contributed by atoms with van der Waals surface area (Å²) in [6.45, 7) is 2.58. The Morgan fingerprint density at radius 3 is 2.47 bits per heavy atom. The molecule has 0 bridgehead atoms. The maximum atomic E-state index is 12.9. The van der Waals surface area contributed by atoms with Crippen LogP contribution in [0.3, 0.4) is 0 Å². The van der Waals surface area contributed by atoms with Crippen molar-refractivity contribution >= 4 is 17.3 Å². The molecule has 0 saturated heterocycles. The van der Waals surface area contributed by atoms with Crippen molar-refractivity contribution < 1.29 is 4.39 Å². The van der Waals surface area contributed by atoms with Gasteiger partial charge in [-0.1, -0.05) is 23.7 Å². The standard InChI is InChI=1S/C14H13ClFN/c1-10-8-13(16)6-7-14(10)17-9-11-2-4-12(15)5-3-11/h2-8,17H,9H2,1H3. The van der Waals surface area contributed by atoms with E-state index in [1.54, 1.807) is 6.07 Å². The first-order valence-electron chi connectivity index (χ1n) is 5.39. The van der Waals surface area contributed by atoms with Crippen molar-refractivity contribution in [3.8, 4) is 0 Å². The number of halogens is 2. The van der Waals surface area contributed by atoms with Gasteiger partial charge in [-0.25, -0.2) is 4.39 Å². The number of rotatable bonds is 3. The summed E-state index contributed by atoms with van der Waals surface area (Å²) in [7, 11) is 0. The monoisotopic (exact) mass is 249 g/mol. The molecule has 1 N–H and O–H groups in total. The summed E-state index contributed by atoms with van der Waals surface area (Å²) >= 11 is 5.81. The van der Waals surface area contributed by atoms with Gasteiger partial charge in [0.1, 0.15) is 5.82 Å². The zero-order chi connectivity index (χ0) is 12.3. The van der Waals surface area contributed by atoms with Crippen LogP contribution in [0.1, 0.15) is 11.1 Å². The molecule has 3 heteroatoms. The average molecular weight is 250 g/mol. The van der Waals surface area contributed by atoms with Crippen molar-refractivity contribution in [2.45, 2.75) is 13.5 Å². The predicted octanol–water partition coefficient (Wildman–Crippen LogP) is 4.40. The van der Waals surface area contributed by atoms with Gasteiger partial charge in [0.2, 0.25) is 0 Å². The Hall–Kier alpha value is -1.54. The first-order valence-corrected chi connectivity index (χ1v) is 5.77. The van der Waals surface area contributed by atoms with Crippen molar-refractivity contribution in [1.29, 1.82) is 0 Å². The fourth-order valence-corrected chi connectivity index (χ4v) is 1.75. The Balaban J connectivity index is 2.04. The summed E-state index contributed by atoms with van der Waals surface area (Å²) in [6, 6.07) is 12.4. The molecule has 0 atom stereocenters. The van der Waals surface area contributed by atoms with Gasteiger partial charge >= 0.3 is 0 Å². The zero-order valence-electron chi connectivity index (χ0n) is 9.50. The van der Waals surface area contributed by atoms with E-state index in [0.717, 1.165) is 21.8 Å². The van der Waals surface area contributed by atoms with Gasteiger partial charge in [0, 0.05) is 17.3 Å². The third kappa shape index (κ3) is 3.21. The van der Waals surface area contributed by atoms with Crippen LogP contribution in [0, 0.1) is 12.7 Å². The van der Waals surface area contributed by atoms with E-state index in [1.807, 2.05) is 31.2 Å². The number of benzene rings is 2. The second-order valence-corrected chi connectivity index (χ2v) is 4.38. The molecular weight excluding hydrogens is 237 g/mol. The van der Waals surface area contributed by atoms with E-state index in [4.69, 9.17) is 11.6 Å². The third-order valence-electron chi connectivity index (χ3n) is 2.58. The minimum atomic E-state index is -0.209. The van der Waals surface area contributed by atoms with E-state index in [-0.39, 0.29) is 5.82 Å². The van der Waals surface area contributed by atoms with Crippen LogP contribution in [0.15, 0.2) is 42.5 Å². The maximum absolute atomic E-state index is 12.9. The molecule has 88 valence electrons. The van der Waals surface area contributed by atoms with Crippen molar-refractivity contribution in [1.82, 2.24) is 0 Å². The van der Waals surface area contributed by atoms with E-state index in [9.17, 15) is 4.39 Å². The van der Waals surface area contributed by atoms with Crippen molar-refractivity contribution in [2.24, 2.45) is 0 Å². The molecule has 0 radical (unpaired) electrons. The highest BCUT2D eigenvalue weighted by Gasteiger charge is 1.99. The van der Waals surface area contributed by atoms with Gasteiger partial charge in [0.15, 0.2) is 0 Å². The third-order valence-corrected chi connectivity index (χ3v) is 2.84. The highest BCUT2D eigenvalue weighted by Crippen LogP contribution is 2.17. The summed E-state index contributed by atoms with van der Waals surface area (Å²) in [4.78, 5) is 0. The lowest BCUT2D eigenvalue weighted by atomic mass is 10.1. The topological polar surface area (TPSA) is 12.0 Å². The van der Waals surface area contributed by atoms with Gasteiger partial charge in [-0.2, -0.15) is 0 Å². The Morgan fingerprint density at radius 2 is 1.82 bits per heavy atom. The summed E-state index contributed by atoms with van der Waals surface area (Å²) < 4.78 is 12.9. The Bertz CT molecular complexity index is 508. The smallest absolute Gasteiger partial charge is 0.123 e. The minimum Gasteiger partial charge on any atom is -0.381 e. The van der Waals surface area contributed by atoms with Crippen LogP contribution in [0.2, 0.25) is 5.02 Å².